The summed E-state index contributed by atoms with van der Waals surface area (Å²) in [5.74, 6) is 0. The van der Waals surface area contributed by atoms with Gasteiger partial charge >= 0.3 is 118 Å². The Morgan fingerprint density at radius 1 is 0.632 bits per heavy atom. The maximum absolute atomic E-state index is 8.58. The molecule has 0 aromatic carbocycles. The van der Waals surface area contributed by atoms with E-state index in [1.165, 1.54) is 0 Å². The van der Waals surface area contributed by atoms with Gasteiger partial charge < -0.3 is 43.6 Å². The van der Waals surface area contributed by atoms with Crippen molar-refractivity contribution in [2.45, 2.75) is 0 Å². The van der Waals surface area contributed by atoms with Gasteiger partial charge in [0.15, 0.2) is 0 Å². The quantitative estimate of drug-likeness (QED) is 0.405. The third-order valence-electron chi connectivity index (χ3n) is 1.25. The van der Waals surface area contributed by atoms with Crippen molar-refractivity contribution in [2.75, 3.05) is 39.5 Å². The summed E-state index contributed by atoms with van der Waals surface area (Å²) < 4.78 is 0. The summed E-state index contributed by atoms with van der Waals surface area (Å²) in [7, 11) is -5.61. The zero-order chi connectivity index (χ0) is 12.3. The van der Waals surface area contributed by atoms with E-state index in [-0.39, 0.29) is 138 Å². The van der Waals surface area contributed by atoms with Gasteiger partial charge in [-0.25, -0.2) is 0 Å². The van der Waals surface area contributed by atoms with Crippen LogP contribution in [0.25, 0.3) is 0 Å². The van der Waals surface area contributed by atoms with Crippen molar-refractivity contribution >= 4 is 9.05 Å². The van der Waals surface area contributed by atoms with Crippen molar-refractivity contribution in [3.63, 3.8) is 0 Å². The number of aliphatic hydroxyl groups excluding tert-OH is 3. The first-order valence-corrected chi connectivity index (χ1v) is 5.85. The zero-order valence-electron chi connectivity index (χ0n) is 12.2. The van der Waals surface area contributed by atoms with Crippen LogP contribution in [-0.2, 0) is 0 Å². The van der Waals surface area contributed by atoms with E-state index < -0.39 is 9.05 Å². The van der Waals surface area contributed by atoms with Gasteiger partial charge in [-0.1, -0.05) is 0 Å². The predicted molar refractivity (Wildman–Crippen MR) is 43.5 cm³/mol. The van der Waals surface area contributed by atoms with Crippen molar-refractivity contribution in [3.8, 4) is 0 Å². The van der Waals surface area contributed by atoms with Crippen molar-refractivity contribution in [1.29, 1.82) is 0 Å². The first-order chi connectivity index (χ1) is 6.85. The average Bonchev–Trinajstić information content (AvgIpc) is 2.02. The van der Waals surface area contributed by atoms with E-state index in [0.29, 0.717) is 19.6 Å². The summed E-state index contributed by atoms with van der Waals surface area (Å²) in [6, 6.07) is 0. The first-order valence-electron chi connectivity index (χ1n) is 4.21. The molecule has 0 fully saturated rings. The molecule has 13 heteroatoms. The van der Waals surface area contributed by atoms with Gasteiger partial charge in [0.25, 0.3) is 0 Å². The third kappa shape index (κ3) is 52.1. The van der Waals surface area contributed by atoms with Crippen LogP contribution in [0.3, 0.4) is 0 Å². The summed E-state index contributed by atoms with van der Waals surface area (Å²) in [6.45, 7) is 1.75. The molecule has 19 heavy (non-hydrogen) atoms. The van der Waals surface area contributed by atoms with Crippen LogP contribution in [0, 0.1) is 0 Å². The van der Waals surface area contributed by atoms with E-state index >= 15 is 0 Å². The molecule has 0 aliphatic carbocycles. The summed E-state index contributed by atoms with van der Waals surface area (Å²) in [5.41, 5.74) is 0. The van der Waals surface area contributed by atoms with Crippen molar-refractivity contribution in [3.05, 3.63) is 0 Å². The van der Waals surface area contributed by atoms with E-state index in [1.807, 2.05) is 0 Å². The van der Waals surface area contributed by atoms with Crippen molar-refractivity contribution in [2.24, 2.45) is 0 Å². The molecular weight excluding hydrogens is 318 g/mol. The molecule has 0 aliphatic heterocycles. The SMILES string of the molecule is OCCN(CCO)CCO.[Na+].[Na+].[Na+].[Na+].[O-][Si]([O-])([O-])[O-]. The van der Waals surface area contributed by atoms with Crippen LogP contribution in [0.4, 0.5) is 0 Å². The minimum atomic E-state index is -5.61. The topological polar surface area (TPSA) is 156 Å². The van der Waals surface area contributed by atoms with Crippen molar-refractivity contribution in [1.82, 2.24) is 4.90 Å². The minimum Gasteiger partial charge on any atom is -0.894 e. The molecule has 0 atom stereocenters. The smallest absolute Gasteiger partial charge is 0.894 e. The van der Waals surface area contributed by atoms with E-state index in [1.54, 1.807) is 4.90 Å². The maximum atomic E-state index is 8.58. The van der Waals surface area contributed by atoms with Gasteiger partial charge in [-0.3, -0.25) is 4.90 Å². The Labute approximate surface area is 202 Å². The van der Waals surface area contributed by atoms with Crippen LogP contribution in [0.2, 0.25) is 0 Å². The average molecular weight is 333 g/mol. The summed E-state index contributed by atoms with van der Waals surface area (Å²) in [5, 5.41) is 25.5. The van der Waals surface area contributed by atoms with Crippen LogP contribution in [0.1, 0.15) is 0 Å². The normalized spacial score (nSPS) is 8.84. The molecule has 0 unspecified atom stereocenters. The summed E-state index contributed by atoms with van der Waals surface area (Å²) in [6.07, 6.45) is 0. The fourth-order valence-electron chi connectivity index (χ4n) is 0.760. The largest absolute Gasteiger partial charge is 1.00 e. The zero-order valence-corrected chi connectivity index (χ0v) is 21.2. The molecule has 0 radical (unpaired) electrons. The van der Waals surface area contributed by atoms with Gasteiger partial charge in [0.2, 0.25) is 0 Å². The Morgan fingerprint density at radius 2 is 0.789 bits per heavy atom. The van der Waals surface area contributed by atoms with Gasteiger partial charge in [-0.2, -0.15) is 0 Å². The molecule has 94 valence electrons. The Kier molecular flexibility index (Phi) is 54.2. The molecule has 0 bridgehead atoms. The maximum Gasteiger partial charge on any atom is 1.00 e. The standard InChI is InChI=1S/C6H15NO3.4Na.O4Si/c8-4-1-7(2-5-9)3-6-10;;;;;1-5(2,3)4/h8-10H,1-6H2;;;;;/q;4*+1;-4. The van der Waals surface area contributed by atoms with E-state index in [2.05, 4.69) is 0 Å². The number of hydrogen-bond donors (Lipinski definition) is 3. The monoisotopic (exact) mass is 333 g/mol. The second-order valence-electron chi connectivity index (χ2n) is 2.51. The van der Waals surface area contributed by atoms with Crippen LogP contribution in [0.15, 0.2) is 0 Å². The molecule has 0 saturated carbocycles. The van der Waals surface area contributed by atoms with Crippen molar-refractivity contribution < 1.29 is 153 Å². The second-order valence-corrected chi connectivity index (χ2v) is 3.51. The fraction of sp³-hybridized carbons (Fsp3) is 1.00. The van der Waals surface area contributed by atoms with Crippen LogP contribution < -0.4 is 137 Å². The van der Waals surface area contributed by atoms with E-state index in [9.17, 15) is 0 Å². The molecule has 0 saturated heterocycles. The van der Waals surface area contributed by atoms with Gasteiger partial charge in [0, 0.05) is 19.6 Å². The molecule has 0 amide bonds. The van der Waals surface area contributed by atoms with E-state index in [0.717, 1.165) is 0 Å². The number of rotatable bonds is 6. The molecular formula is C6H15NNa4O7Si. The minimum absolute atomic E-state index is 0. The number of aliphatic hydroxyl groups is 3. The fourth-order valence-corrected chi connectivity index (χ4v) is 0.760. The van der Waals surface area contributed by atoms with E-state index in [4.69, 9.17) is 34.5 Å². The predicted octanol–water partition coefficient (Wildman–Crippen LogP) is -18.9. The molecule has 3 N–H and O–H groups in total. The summed E-state index contributed by atoms with van der Waals surface area (Å²) in [4.78, 5) is 36.1. The molecule has 0 aromatic heterocycles. The number of nitrogens with zero attached hydrogens (tertiary/aromatic N) is 1. The second kappa shape index (κ2) is 26.8. The molecule has 0 spiro atoms. The third-order valence-corrected chi connectivity index (χ3v) is 1.25. The van der Waals surface area contributed by atoms with Gasteiger partial charge in [-0.05, 0) is 0 Å². The first kappa shape index (κ1) is 38.5. The Hall–Kier alpha value is 3.90. The molecule has 0 rings (SSSR count). The molecule has 8 nitrogen and oxygen atoms in total. The van der Waals surface area contributed by atoms with Crippen LogP contribution in [-0.4, -0.2) is 68.7 Å². The van der Waals surface area contributed by atoms with Gasteiger partial charge in [0.1, 0.15) is 0 Å². The Morgan fingerprint density at radius 3 is 0.895 bits per heavy atom. The van der Waals surface area contributed by atoms with Crippen LogP contribution in [0.5, 0.6) is 0 Å². The Bertz CT molecular complexity index is 125. The van der Waals surface area contributed by atoms with Gasteiger partial charge in [-0.15, -0.1) is 0 Å². The molecule has 0 heterocycles. The van der Waals surface area contributed by atoms with Crippen LogP contribution >= 0.6 is 0 Å². The molecule has 0 aromatic rings. The summed E-state index contributed by atoms with van der Waals surface area (Å²) >= 11 is 0. The Balaban J connectivity index is -0.0000000418. The number of hydrogen-bond acceptors (Lipinski definition) is 8. The molecule has 0 aliphatic rings. The van der Waals surface area contributed by atoms with Gasteiger partial charge in [0.05, 0.1) is 19.8 Å².